The number of sulfone groups is 1. The number of rotatable bonds is 2. The summed E-state index contributed by atoms with van der Waals surface area (Å²) in [5.41, 5.74) is 0. The number of hydrogen-bond acceptors (Lipinski definition) is 3. The fourth-order valence-corrected chi connectivity index (χ4v) is 4.40. The van der Waals surface area contributed by atoms with Crippen LogP contribution < -0.4 is 0 Å². The maximum Gasteiger partial charge on any atom is 0.150 e. The Morgan fingerprint density at radius 3 is 2.25 bits per heavy atom. The Kier molecular flexibility index (Phi) is 3.59. The summed E-state index contributed by atoms with van der Waals surface area (Å²) in [7, 11) is -2.70. The van der Waals surface area contributed by atoms with E-state index in [-0.39, 0.29) is 0 Å². The lowest BCUT2D eigenvalue weighted by atomic mass is 9.95. The lowest BCUT2D eigenvalue weighted by Gasteiger charge is -2.31. The SMILES string of the molecule is CC(C)[C@@H]1CCN(C2CCS(=O)(=O)CC2)C1. The lowest BCUT2D eigenvalue weighted by Crippen LogP contribution is -2.40. The largest absolute Gasteiger partial charge is 0.300 e. The summed E-state index contributed by atoms with van der Waals surface area (Å²) in [5, 5.41) is 0. The van der Waals surface area contributed by atoms with Crippen LogP contribution in [0.25, 0.3) is 0 Å². The second-order valence-electron chi connectivity index (χ2n) is 5.67. The van der Waals surface area contributed by atoms with Crippen LogP contribution in [0.4, 0.5) is 0 Å². The van der Waals surface area contributed by atoms with Crippen molar-refractivity contribution in [2.75, 3.05) is 24.6 Å². The molecule has 0 aromatic rings. The fourth-order valence-electron chi connectivity index (χ4n) is 2.93. The Labute approximate surface area is 99.1 Å². The minimum absolute atomic E-state index is 0.403. The molecule has 0 aliphatic carbocycles. The van der Waals surface area contributed by atoms with Crippen molar-refractivity contribution in [3.8, 4) is 0 Å². The van der Waals surface area contributed by atoms with Crippen molar-refractivity contribution in [2.45, 2.75) is 39.2 Å². The van der Waals surface area contributed by atoms with Gasteiger partial charge in [-0.3, -0.25) is 0 Å². The second kappa shape index (κ2) is 4.65. The molecule has 0 amide bonds. The Morgan fingerprint density at radius 2 is 1.75 bits per heavy atom. The molecule has 0 N–H and O–H groups in total. The summed E-state index contributed by atoms with van der Waals surface area (Å²) < 4.78 is 22.7. The molecule has 2 rings (SSSR count). The van der Waals surface area contributed by atoms with Gasteiger partial charge in [-0.05, 0) is 37.6 Å². The van der Waals surface area contributed by atoms with Gasteiger partial charge in [-0.2, -0.15) is 0 Å². The van der Waals surface area contributed by atoms with Crippen molar-refractivity contribution in [3.63, 3.8) is 0 Å². The average molecular weight is 245 g/mol. The van der Waals surface area contributed by atoms with Crippen molar-refractivity contribution in [1.29, 1.82) is 0 Å². The van der Waals surface area contributed by atoms with Crippen LogP contribution in [0.15, 0.2) is 0 Å². The molecule has 3 nitrogen and oxygen atoms in total. The average Bonchev–Trinajstić information content (AvgIpc) is 2.66. The summed E-state index contributed by atoms with van der Waals surface area (Å²) in [5.74, 6) is 2.39. The Hall–Kier alpha value is -0.0900. The van der Waals surface area contributed by atoms with E-state index in [4.69, 9.17) is 0 Å². The van der Waals surface area contributed by atoms with Gasteiger partial charge in [0, 0.05) is 12.6 Å². The highest BCUT2D eigenvalue weighted by molar-refractivity contribution is 7.91. The van der Waals surface area contributed by atoms with E-state index in [1.807, 2.05) is 0 Å². The fraction of sp³-hybridized carbons (Fsp3) is 1.00. The zero-order chi connectivity index (χ0) is 11.8. The zero-order valence-electron chi connectivity index (χ0n) is 10.4. The molecule has 0 spiro atoms. The van der Waals surface area contributed by atoms with Crippen molar-refractivity contribution in [2.24, 2.45) is 11.8 Å². The van der Waals surface area contributed by atoms with Crippen LogP contribution in [0.1, 0.15) is 33.1 Å². The van der Waals surface area contributed by atoms with E-state index in [9.17, 15) is 8.42 Å². The first kappa shape index (κ1) is 12.4. The maximum absolute atomic E-state index is 11.4. The molecule has 0 bridgehead atoms. The third kappa shape index (κ3) is 2.77. The van der Waals surface area contributed by atoms with Crippen LogP contribution in [0.2, 0.25) is 0 Å². The summed E-state index contributed by atoms with van der Waals surface area (Å²) in [6, 6.07) is 0.535. The van der Waals surface area contributed by atoms with E-state index in [2.05, 4.69) is 18.7 Å². The van der Waals surface area contributed by atoms with Gasteiger partial charge < -0.3 is 4.90 Å². The van der Waals surface area contributed by atoms with Gasteiger partial charge in [0.1, 0.15) is 9.84 Å². The molecular weight excluding hydrogens is 222 g/mol. The quantitative estimate of drug-likeness (QED) is 0.740. The monoisotopic (exact) mass is 245 g/mol. The third-order valence-corrected chi connectivity index (χ3v) is 5.95. The summed E-state index contributed by atoms with van der Waals surface area (Å²) in [4.78, 5) is 2.53. The second-order valence-corrected chi connectivity index (χ2v) is 7.97. The first-order valence-electron chi connectivity index (χ1n) is 6.42. The molecule has 1 atom stereocenters. The van der Waals surface area contributed by atoms with Gasteiger partial charge in [-0.15, -0.1) is 0 Å². The van der Waals surface area contributed by atoms with Crippen LogP contribution >= 0.6 is 0 Å². The van der Waals surface area contributed by atoms with E-state index in [0.29, 0.717) is 17.5 Å². The topological polar surface area (TPSA) is 37.4 Å². The van der Waals surface area contributed by atoms with E-state index in [1.165, 1.54) is 19.5 Å². The lowest BCUT2D eigenvalue weighted by molar-refractivity contribution is 0.211. The summed E-state index contributed by atoms with van der Waals surface area (Å²) >= 11 is 0. The van der Waals surface area contributed by atoms with Crippen LogP contribution in [-0.4, -0.2) is 44.0 Å². The van der Waals surface area contributed by atoms with Gasteiger partial charge in [0.15, 0.2) is 0 Å². The van der Waals surface area contributed by atoms with Crippen LogP contribution in [-0.2, 0) is 9.84 Å². The molecule has 0 unspecified atom stereocenters. The minimum atomic E-state index is -2.70. The first-order valence-corrected chi connectivity index (χ1v) is 8.24. The maximum atomic E-state index is 11.4. The van der Waals surface area contributed by atoms with Gasteiger partial charge >= 0.3 is 0 Å². The van der Waals surface area contributed by atoms with Crippen molar-refractivity contribution >= 4 is 9.84 Å². The van der Waals surface area contributed by atoms with Gasteiger partial charge in [0.05, 0.1) is 11.5 Å². The molecule has 16 heavy (non-hydrogen) atoms. The molecule has 0 aromatic heterocycles. The smallest absolute Gasteiger partial charge is 0.150 e. The van der Waals surface area contributed by atoms with Crippen molar-refractivity contribution < 1.29 is 8.42 Å². The predicted molar refractivity (Wildman–Crippen MR) is 66.2 cm³/mol. The van der Waals surface area contributed by atoms with Gasteiger partial charge in [-0.25, -0.2) is 8.42 Å². The standard InChI is InChI=1S/C12H23NO2S/c1-10(2)11-3-6-13(9-11)12-4-7-16(14,15)8-5-12/h10-12H,3-9H2,1-2H3/t11-/m1/s1. The minimum Gasteiger partial charge on any atom is -0.300 e. The van der Waals surface area contributed by atoms with Crippen LogP contribution in [0.5, 0.6) is 0 Å². The Morgan fingerprint density at radius 1 is 1.12 bits per heavy atom. The van der Waals surface area contributed by atoms with E-state index < -0.39 is 9.84 Å². The molecule has 2 aliphatic rings. The van der Waals surface area contributed by atoms with Gasteiger partial charge in [-0.1, -0.05) is 13.8 Å². The predicted octanol–water partition coefficient (Wildman–Crippen LogP) is 1.54. The van der Waals surface area contributed by atoms with E-state index in [1.54, 1.807) is 0 Å². The van der Waals surface area contributed by atoms with Gasteiger partial charge in [0.2, 0.25) is 0 Å². The van der Waals surface area contributed by atoms with E-state index >= 15 is 0 Å². The zero-order valence-corrected chi connectivity index (χ0v) is 11.2. The van der Waals surface area contributed by atoms with Crippen molar-refractivity contribution in [3.05, 3.63) is 0 Å². The molecule has 2 heterocycles. The van der Waals surface area contributed by atoms with Gasteiger partial charge in [0.25, 0.3) is 0 Å². The summed E-state index contributed by atoms with van der Waals surface area (Å²) in [6.45, 7) is 6.94. The highest BCUT2D eigenvalue weighted by atomic mass is 32.2. The summed E-state index contributed by atoms with van der Waals surface area (Å²) in [6.07, 6.45) is 3.00. The molecule has 0 saturated carbocycles. The molecule has 4 heteroatoms. The molecule has 0 aromatic carbocycles. The number of hydrogen-bond donors (Lipinski definition) is 0. The Bertz CT molecular complexity index is 323. The number of nitrogens with zero attached hydrogens (tertiary/aromatic N) is 1. The number of likely N-dealkylation sites (tertiary alicyclic amines) is 1. The molecule has 0 radical (unpaired) electrons. The van der Waals surface area contributed by atoms with Crippen LogP contribution in [0.3, 0.4) is 0 Å². The van der Waals surface area contributed by atoms with Crippen LogP contribution in [0, 0.1) is 11.8 Å². The molecule has 94 valence electrons. The molecule has 2 fully saturated rings. The molecule has 2 aliphatic heterocycles. The third-order valence-electron chi connectivity index (χ3n) is 4.24. The normalized spacial score (nSPS) is 32.3. The van der Waals surface area contributed by atoms with E-state index in [0.717, 1.165) is 24.7 Å². The highest BCUT2D eigenvalue weighted by Crippen LogP contribution is 2.28. The Balaban J connectivity index is 1.87. The molecular formula is C12H23NO2S. The first-order chi connectivity index (χ1) is 7.48. The molecule has 2 saturated heterocycles. The highest BCUT2D eigenvalue weighted by Gasteiger charge is 2.33. The van der Waals surface area contributed by atoms with Crippen molar-refractivity contribution in [1.82, 2.24) is 4.90 Å².